The quantitative estimate of drug-likeness (QED) is 0.393. The molecule has 5 nitrogen and oxygen atoms in total. The fourth-order valence-electron chi connectivity index (χ4n) is 3.82. The maximum Gasteiger partial charge on any atom is 0.193 e. The summed E-state index contributed by atoms with van der Waals surface area (Å²) in [5.74, 6) is 2.53. The van der Waals surface area contributed by atoms with Crippen LogP contribution in [-0.4, -0.2) is 74.8 Å². The maximum atomic E-state index is 5.30. The SMILES string of the molecule is CCNC(=NCC1CCN(C2CC2)C1)N1CCC(COC)C1.I. The highest BCUT2D eigenvalue weighted by molar-refractivity contribution is 14.0. The van der Waals surface area contributed by atoms with E-state index >= 15 is 0 Å². The van der Waals surface area contributed by atoms with E-state index in [9.17, 15) is 0 Å². The predicted octanol–water partition coefficient (Wildman–Crippen LogP) is 2.02. The molecule has 1 N–H and O–H groups in total. The summed E-state index contributed by atoms with van der Waals surface area (Å²) in [5.41, 5.74) is 0. The van der Waals surface area contributed by atoms with E-state index in [1.807, 2.05) is 0 Å². The van der Waals surface area contributed by atoms with Crippen LogP contribution in [0.5, 0.6) is 0 Å². The standard InChI is InChI=1S/C17H32N4O.HI/c1-3-18-17(21-9-7-15(12-21)13-22-2)19-10-14-6-8-20(11-14)16-4-5-16;/h14-16H,3-13H2,1-2H3,(H,18,19);1H. The van der Waals surface area contributed by atoms with Crippen LogP contribution in [-0.2, 0) is 4.74 Å². The summed E-state index contributed by atoms with van der Waals surface area (Å²) in [5, 5.41) is 3.48. The Labute approximate surface area is 158 Å². The second-order valence-corrected chi connectivity index (χ2v) is 7.13. The fraction of sp³-hybridized carbons (Fsp3) is 0.941. The van der Waals surface area contributed by atoms with Crippen molar-refractivity contribution in [1.82, 2.24) is 15.1 Å². The molecule has 3 fully saturated rings. The van der Waals surface area contributed by atoms with Gasteiger partial charge < -0.3 is 19.9 Å². The first-order valence-electron chi connectivity index (χ1n) is 9.06. The van der Waals surface area contributed by atoms with Gasteiger partial charge in [0.1, 0.15) is 0 Å². The zero-order valence-electron chi connectivity index (χ0n) is 14.7. The predicted molar refractivity (Wildman–Crippen MR) is 106 cm³/mol. The smallest absolute Gasteiger partial charge is 0.193 e. The first kappa shape index (κ1) is 19.2. The number of nitrogens with one attached hydrogen (secondary N) is 1. The molecule has 0 aromatic heterocycles. The Hall–Kier alpha value is -0.0800. The van der Waals surface area contributed by atoms with Gasteiger partial charge >= 0.3 is 0 Å². The van der Waals surface area contributed by atoms with Crippen LogP contribution in [0, 0.1) is 11.8 Å². The van der Waals surface area contributed by atoms with Crippen LogP contribution in [0.3, 0.4) is 0 Å². The number of guanidine groups is 1. The molecule has 0 spiro atoms. The molecule has 2 unspecified atom stereocenters. The molecule has 2 saturated heterocycles. The summed E-state index contributed by atoms with van der Waals surface area (Å²) in [6.07, 6.45) is 5.39. The molecule has 0 bridgehead atoms. The number of aliphatic imine (C=N–C) groups is 1. The Balaban J connectivity index is 0.00000192. The lowest BCUT2D eigenvalue weighted by Crippen LogP contribution is -2.40. The molecule has 134 valence electrons. The monoisotopic (exact) mass is 436 g/mol. The molecule has 0 amide bonds. The van der Waals surface area contributed by atoms with Crippen LogP contribution in [0.2, 0.25) is 0 Å². The minimum Gasteiger partial charge on any atom is -0.384 e. The van der Waals surface area contributed by atoms with Gasteiger partial charge in [-0.15, -0.1) is 24.0 Å². The molecule has 0 aromatic rings. The first-order chi connectivity index (χ1) is 10.8. The van der Waals surface area contributed by atoms with Gasteiger partial charge in [-0.05, 0) is 45.1 Å². The van der Waals surface area contributed by atoms with E-state index in [0.717, 1.165) is 50.7 Å². The number of methoxy groups -OCH3 is 1. The van der Waals surface area contributed by atoms with Gasteiger partial charge in [0.05, 0.1) is 6.61 Å². The van der Waals surface area contributed by atoms with E-state index < -0.39 is 0 Å². The first-order valence-corrected chi connectivity index (χ1v) is 9.06. The van der Waals surface area contributed by atoms with Crippen LogP contribution in [0.1, 0.15) is 32.6 Å². The Kier molecular flexibility index (Phi) is 7.88. The highest BCUT2D eigenvalue weighted by Gasteiger charge is 2.34. The van der Waals surface area contributed by atoms with Gasteiger partial charge in [-0.25, -0.2) is 0 Å². The highest BCUT2D eigenvalue weighted by Crippen LogP contribution is 2.31. The lowest BCUT2D eigenvalue weighted by Gasteiger charge is -2.22. The van der Waals surface area contributed by atoms with Crippen molar-refractivity contribution in [1.29, 1.82) is 0 Å². The van der Waals surface area contributed by atoms with Crippen molar-refractivity contribution >= 4 is 29.9 Å². The van der Waals surface area contributed by atoms with E-state index in [-0.39, 0.29) is 24.0 Å². The summed E-state index contributed by atoms with van der Waals surface area (Å²) in [6, 6.07) is 0.913. The molecule has 2 heterocycles. The second kappa shape index (κ2) is 9.42. The average Bonchev–Trinajstić information content (AvgIpc) is 3.08. The molecule has 2 atom stereocenters. The fourth-order valence-corrected chi connectivity index (χ4v) is 3.82. The third kappa shape index (κ3) is 5.46. The minimum absolute atomic E-state index is 0. The summed E-state index contributed by atoms with van der Waals surface area (Å²) in [7, 11) is 1.80. The van der Waals surface area contributed by atoms with Crippen molar-refractivity contribution in [3.05, 3.63) is 0 Å². The number of nitrogens with zero attached hydrogens (tertiary/aromatic N) is 3. The number of ether oxygens (including phenoxy) is 1. The van der Waals surface area contributed by atoms with Crippen molar-refractivity contribution in [2.24, 2.45) is 16.8 Å². The normalized spacial score (nSPS) is 29.0. The molecule has 0 radical (unpaired) electrons. The summed E-state index contributed by atoms with van der Waals surface area (Å²) < 4.78 is 5.30. The highest BCUT2D eigenvalue weighted by atomic mass is 127. The van der Waals surface area contributed by atoms with E-state index in [1.165, 1.54) is 38.8 Å². The molecule has 3 aliphatic rings. The van der Waals surface area contributed by atoms with E-state index in [4.69, 9.17) is 9.73 Å². The van der Waals surface area contributed by atoms with Gasteiger partial charge in [0.25, 0.3) is 0 Å². The maximum absolute atomic E-state index is 5.30. The van der Waals surface area contributed by atoms with Gasteiger partial charge in [-0.2, -0.15) is 0 Å². The van der Waals surface area contributed by atoms with Gasteiger partial charge in [0.15, 0.2) is 5.96 Å². The molecule has 6 heteroatoms. The van der Waals surface area contributed by atoms with Crippen molar-refractivity contribution in [2.45, 2.75) is 38.6 Å². The Bertz CT molecular complexity index is 389. The van der Waals surface area contributed by atoms with Gasteiger partial charge in [-0.3, -0.25) is 4.99 Å². The number of rotatable bonds is 6. The van der Waals surface area contributed by atoms with Crippen LogP contribution in [0.4, 0.5) is 0 Å². The lowest BCUT2D eigenvalue weighted by molar-refractivity contribution is 0.157. The van der Waals surface area contributed by atoms with Gasteiger partial charge in [0, 0.05) is 51.8 Å². The summed E-state index contributed by atoms with van der Waals surface area (Å²) in [6.45, 7) is 9.70. The van der Waals surface area contributed by atoms with Crippen molar-refractivity contribution < 1.29 is 4.74 Å². The molecular formula is C17H33IN4O. The van der Waals surface area contributed by atoms with E-state index in [0.29, 0.717) is 5.92 Å². The van der Waals surface area contributed by atoms with Crippen LogP contribution >= 0.6 is 24.0 Å². The molecule has 23 heavy (non-hydrogen) atoms. The zero-order valence-corrected chi connectivity index (χ0v) is 17.0. The molecule has 2 aliphatic heterocycles. The van der Waals surface area contributed by atoms with Crippen LogP contribution in [0.25, 0.3) is 0 Å². The second-order valence-electron chi connectivity index (χ2n) is 7.13. The number of likely N-dealkylation sites (tertiary alicyclic amines) is 2. The number of hydrogen-bond acceptors (Lipinski definition) is 3. The van der Waals surface area contributed by atoms with Crippen LogP contribution < -0.4 is 5.32 Å². The zero-order chi connectivity index (χ0) is 15.4. The summed E-state index contributed by atoms with van der Waals surface area (Å²) >= 11 is 0. The minimum atomic E-state index is 0. The molecular weight excluding hydrogens is 403 g/mol. The largest absolute Gasteiger partial charge is 0.384 e. The Morgan fingerprint density at radius 1 is 1.13 bits per heavy atom. The Morgan fingerprint density at radius 2 is 1.91 bits per heavy atom. The number of hydrogen-bond donors (Lipinski definition) is 1. The summed E-state index contributed by atoms with van der Waals surface area (Å²) in [4.78, 5) is 10.0. The Morgan fingerprint density at radius 3 is 2.61 bits per heavy atom. The van der Waals surface area contributed by atoms with E-state index in [2.05, 4.69) is 22.0 Å². The molecule has 0 aromatic carbocycles. The topological polar surface area (TPSA) is 40.1 Å². The van der Waals surface area contributed by atoms with Gasteiger partial charge in [0.2, 0.25) is 0 Å². The molecule has 3 rings (SSSR count). The van der Waals surface area contributed by atoms with Crippen LogP contribution in [0.15, 0.2) is 4.99 Å². The third-order valence-electron chi connectivity index (χ3n) is 5.20. The number of halogens is 1. The van der Waals surface area contributed by atoms with Crippen molar-refractivity contribution in [2.75, 3.05) is 53.0 Å². The molecule has 1 saturated carbocycles. The average molecular weight is 436 g/mol. The van der Waals surface area contributed by atoms with Gasteiger partial charge in [-0.1, -0.05) is 0 Å². The van der Waals surface area contributed by atoms with Crippen molar-refractivity contribution in [3.63, 3.8) is 0 Å². The molecule has 1 aliphatic carbocycles. The lowest BCUT2D eigenvalue weighted by atomic mass is 10.1. The third-order valence-corrected chi connectivity index (χ3v) is 5.20. The van der Waals surface area contributed by atoms with Crippen molar-refractivity contribution in [3.8, 4) is 0 Å². The van der Waals surface area contributed by atoms with E-state index in [1.54, 1.807) is 7.11 Å².